The molecule has 4 heteroatoms. The number of aryl methyl sites for hydroxylation is 2. The summed E-state index contributed by atoms with van der Waals surface area (Å²) in [4.78, 5) is 8.55. The van der Waals surface area contributed by atoms with Gasteiger partial charge in [-0.05, 0) is 55.1 Å². The lowest BCUT2D eigenvalue weighted by Crippen LogP contribution is -2.25. The second-order valence-electron chi connectivity index (χ2n) is 5.30. The molecular weight excluding hydrogens is 260 g/mol. The molecule has 0 spiro atoms. The Kier molecular flexibility index (Phi) is 5.28. The standard InChI is InChI=1S/C17H24N4/c1-4-7-20-16(14-6-8-19-11-13(14)5-2)15-9-12(3)10-21-17(15)18/h6,8-11,16,20H,4-5,7H2,1-3H3,(H2,18,21). The maximum atomic E-state index is 6.12. The minimum Gasteiger partial charge on any atom is -0.383 e. The van der Waals surface area contributed by atoms with E-state index in [0.29, 0.717) is 5.82 Å². The molecule has 0 aliphatic heterocycles. The summed E-state index contributed by atoms with van der Waals surface area (Å²) < 4.78 is 0. The minimum absolute atomic E-state index is 0.0651. The minimum atomic E-state index is 0.0651. The topological polar surface area (TPSA) is 63.8 Å². The normalized spacial score (nSPS) is 12.3. The zero-order valence-corrected chi connectivity index (χ0v) is 13.1. The molecular formula is C17H24N4. The second-order valence-corrected chi connectivity index (χ2v) is 5.30. The van der Waals surface area contributed by atoms with Crippen LogP contribution in [-0.4, -0.2) is 16.5 Å². The maximum Gasteiger partial charge on any atom is 0.128 e. The first-order valence-electron chi connectivity index (χ1n) is 7.55. The van der Waals surface area contributed by atoms with Gasteiger partial charge in [-0.15, -0.1) is 0 Å². The van der Waals surface area contributed by atoms with E-state index in [4.69, 9.17) is 5.73 Å². The zero-order chi connectivity index (χ0) is 15.2. The van der Waals surface area contributed by atoms with Crippen molar-refractivity contribution in [1.29, 1.82) is 0 Å². The number of nitrogen functional groups attached to an aromatic ring is 1. The fourth-order valence-corrected chi connectivity index (χ4v) is 2.52. The highest BCUT2D eigenvalue weighted by atomic mass is 14.9. The van der Waals surface area contributed by atoms with Gasteiger partial charge in [0.1, 0.15) is 5.82 Å². The highest BCUT2D eigenvalue weighted by molar-refractivity contribution is 5.48. The van der Waals surface area contributed by atoms with E-state index in [0.717, 1.165) is 30.5 Å². The van der Waals surface area contributed by atoms with E-state index < -0.39 is 0 Å². The average molecular weight is 284 g/mol. The fraction of sp³-hybridized carbons (Fsp3) is 0.412. The van der Waals surface area contributed by atoms with E-state index in [1.807, 2.05) is 25.5 Å². The molecule has 112 valence electrons. The molecule has 2 aromatic rings. The Morgan fingerprint density at radius 3 is 2.76 bits per heavy atom. The molecule has 0 amide bonds. The quantitative estimate of drug-likeness (QED) is 0.856. The fourth-order valence-electron chi connectivity index (χ4n) is 2.52. The van der Waals surface area contributed by atoms with Gasteiger partial charge in [0.05, 0.1) is 6.04 Å². The number of nitrogens with two attached hydrogens (primary N) is 1. The number of nitrogens with zero attached hydrogens (tertiary/aromatic N) is 2. The van der Waals surface area contributed by atoms with Gasteiger partial charge in [0.15, 0.2) is 0 Å². The van der Waals surface area contributed by atoms with Crippen LogP contribution in [0.2, 0.25) is 0 Å². The summed E-state index contributed by atoms with van der Waals surface area (Å²) in [5.41, 5.74) is 10.8. The number of rotatable bonds is 6. The molecule has 2 rings (SSSR count). The number of anilines is 1. The van der Waals surface area contributed by atoms with Gasteiger partial charge in [0, 0.05) is 24.2 Å². The molecule has 3 N–H and O–H groups in total. The van der Waals surface area contributed by atoms with Crippen LogP contribution in [0.4, 0.5) is 5.82 Å². The third-order valence-corrected chi connectivity index (χ3v) is 3.63. The first-order valence-corrected chi connectivity index (χ1v) is 7.55. The number of hydrogen-bond donors (Lipinski definition) is 2. The van der Waals surface area contributed by atoms with Crippen molar-refractivity contribution in [3.8, 4) is 0 Å². The molecule has 0 aliphatic carbocycles. The Bertz CT molecular complexity index is 595. The Morgan fingerprint density at radius 2 is 2.05 bits per heavy atom. The zero-order valence-electron chi connectivity index (χ0n) is 13.1. The lowest BCUT2D eigenvalue weighted by Gasteiger charge is -2.23. The van der Waals surface area contributed by atoms with Crippen molar-refractivity contribution >= 4 is 5.82 Å². The summed E-state index contributed by atoms with van der Waals surface area (Å²) in [5.74, 6) is 0.591. The largest absolute Gasteiger partial charge is 0.383 e. The van der Waals surface area contributed by atoms with Gasteiger partial charge in [-0.25, -0.2) is 4.98 Å². The van der Waals surface area contributed by atoms with Crippen LogP contribution in [0.1, 0.15) is 48.6 Å². The number of aromatic nitrogens is 2. The van der Waals surface area contributed by atoms with Gasteiger partial charge in [-0.2, -0.15) is 0 Å². The van der Waals surface area contributed by atoms with Crippen LogP contribution in [-0.2, 0) is 6.42 Å². The molecule has 0 saturated carbocycles. The van der Waals surface area contributed by atoms with E-state index >= 15 is 0 Å². The number of pyridine rings is 2. The van der Waals surface area contributed by atoms with Crippen LogP contribution in [0.5, 0.6) is 0 Å². The molecule has 0 aromatic carbocycles. The SMILES string of the molecule is CCCNC(c1ccncc1CC)c1cc(C)cnc1N. The number of nitrogens with one attached hydrogen (secondary N) is 1. The Hall–Kier alpha value is -1.94. The molecule has 2 heterocycles. The van der Waals surface area contributed by atoms with Crippen molar-refractivity contribution in [3.05, 3.63) is 53.0 Å². The third kappa shape index (κ3) is 3.58. The van der Waals surface area contributed by atoms with Gasteiger partial charge in [-0.1, -0.05) is 13.8 Å². The highest BCUT2D eigenvalue weighted by Gasteiger charge is 2.19. The highest BCUT2D eigenvalue weighted by Crippen LogP contribution is 2.28. The van der Waals surface area contributed by atoms with Crippen LogP contribution < -0.4 is 11.1 Å². The van der Waals surface area contributed by atoms with Crippen molar-refractivity contribution in [2.45, 2.75) is 39.7 Å². The monoisotopic (exact) mass is 284 g/mol. The van der Waals surface area contributed by atoms with Gasteiger partial charge in [0.25, 0.3) is 0 Å². The second kappa shape index (κ2) is 7.18. The van der Waals surface area contributed by atoms with E-state index in [9.17, 15) is 0 Å². The van der Waals surface area contributed by atoms with Gasteiger partial charge < -0.3 is 11.1 Å². The molecule has 1 unspecified atom stereocenters. The van der Waals surface area contributed by atoms with Gasteiger partial charge in [0.2, 0.25) is 0 Å². The van der Waals surface area contributed by atoms with E-state index in [-0.39, 0.29) is 6.04 Å². The van der Waals surface area contributed by atoms with Crippen molar-refractivity contribution in [1.82, 2.24) is 15.3 Å². The smallest absolute Gasteiger partial charge is 0.128 e. The predicted molar refractivity (Wildman–Crippen MR) is 87.1 cm³/mol. The Balaban J connectivity index is 2.49. The lowest BCUT2D eigenvalue weighted by molar-refractivity contribution is 0.593. The van der Waals surface area contributed by atoms with Gasteiger partial charge in [-0.3, -0.25) is 4.98 Å². The number of hydrogen-bond acceptors (Lipinski definition) is 4. The Morgan fingerprint density at radius 1 is 1.24 bits per heavy atom. The van der Waals surface area contributed by atoms with E-state index in [2.05, 4.69) is 41.3 Å². The molecule has 4 nitrogen and oxygen atoms in total. The van der Waals surface area contributed by atoms with Crippen molar-refractivity contribution in [3.63, 3.8) is 0 Å². The van der Waals surface area contributed by atoms with Crippen LogP contribution >= 0.6 is 0 Å². The van der Waals surface area contributed by atoms with Crippen LogP contribution in [0, 0.1) is 6.92 Å². The molecule has 0 saturated heterocycles. The Labute approximate surface area is 126 Å². The van der Waals surface area contributed by atoms with Crippen molar-refractivity contribution in [2.75, 3.05) is 12.3 Å². The predicted octanol–water partition coefficient (Wildman–Crippen LogP) is 3.02. The molecule has 0 bridgehead atoms. The van der Waals surface area contributed by atoms with Crippen LogP contribution in [0.15, 0.2) is 30.7 Å². The van der Waals surface area contributed by atoms with Crippen molar-refractivity contribution in [2.24, 2.45) is 0 Å². The molecule has 0 radical (unpaired) electrons. The molecule has 2 aromatic heterocycles. The summed E-state index contributed by atoms with van der Waals surface area (Å²) in [6, 6.07) is 4.26. The summed E-state index contributed by atoms with van der Waals surface area (Å²) >= 11 is 0. The summed E-state index contributed by atoms with van der Waals surface area (Å²) in [6.45, 7) is 7.29. The van der Waals surface area contributed by atoms with Crippen molar-refractivity contribution < 1.29 is 0 Å². The molecule has 1 atom stereocenters. The summed E-state index contributed by atoms with van der Waals surface area (Å²) in [5, 5.41) is 3.60. The molecule has 0 fully saturated rings. The van der Waals surface area contributed by atoms with E-state index in [1.54, 1.807) is 0 Å². The molecule has 21 heavy (non-hydrogen) atoms. The van der Waals surface area contributed by atoms with Gasteiger partial charge >= 0.3 is 0 Å². The first-order chi connectivity index (χ1) is 10.2. The molecule has 0 aliphatic rings. The van der Waals surface area contributed by atoms with Crippen LogP contribution in [0.25, 0.3) is 0 Å². The lowest BCUT2D eigenvalue weighted by atomic mass is 9.94. The summed E-state index contributed by atoms with van der Waals surface area (Å²) in [7, 11) is 0. The first kappa shape index (κ1) is 15.4. The maximum absolute atomic E-state index is 6.12. The van der Waals surface area contributed by atoms with E-state index in [1.165, 1.54) is 11.1 Å². The summed E-state index contributed by atoms with van der Waals surface area (Å²) in [6.07, 6.45) is 7.61. The third-order valence-electron chi connectivity index (χ3n) is 3.63. The average Bonchev–Trinajstić information content (AvgIpc) is 2.51. The van der Waals surface area contributed by atoms with Crippen LogP contribution in [0.3, 0.4) is 0 Å².